The maximum atomic E-state index is 12.2. The number of rotatable bonds is 5. The number of amides is 1. The van der Waals surface area contributed by atoms with Gasteiger partial charge in [-0.25, -0.2) is 0 Å². The molecule has 0 radical (unpaired) electrons. The number of hydrogen-bond donors (Lipinski definition) is 2. The molecular weight excluding hydrogens is 364 g/mol. The van der Waals surface area contributed by atoms with E-state index >= 15 is 0 Å². The van der Waals surface area contributed by atoms with E-state index in [0.29, 0.717) is 0 Å². The lowest BCUT2D eigenvalue weighted by molar-refractivity contribution is -0.709. The number of carbonyl (C=O) groups excluding carboxylic acids is 1. The highest BCUT2D eigenvalue weighted by Gasteiger charge is 2.20. The van der Waals surface area contributed by atoms with Crippen LogP contribution >= 0.6 is 27.5 Å². The zero-order valence-corrected chi connectivity index (χ0v) is 14.9. The average Bonchev–Trinajstić information content (AvgIpc) is 2.50. The number of halogens is 2. The van der Waals surface area contributed by atoms with Gasteiger partial charge in [-0.05, 0) is 50.2 Å². The first-order valence-electron chi connectivity index (χ1n) is 7.12. The van der Waals surface area contributed by atoms with Crippen LogP contribution in [-0.2, 0) is 4.79 Å². The van der Waals surface area contributed by atoms with Gasteiger partial charge in [0.15, 0.2) is 6.04 Å². The van der Waals surface area contributed by atoms with Crippen molar-refractivity contribution in [2.45, 2.75) is 25.9 Å². The number of carbonyl (C=O) groups is 1. The fourth-order valence-electron chi connectivity index (χ4n) is 2.19. The van der Waals surface area contributed by atoms with Gasteiger partial charge in [0.05, 0.1) is 0 Å². The summed E-state index contributed by atoms with van der Waals surface area (Å²) in [6.07, 6.45) is 0. The molecule has 0 spiro atoms. The second kappa shape index (κ2) is 7.77. The van der Waals surface area contributed by atoms with Crippen LogP contribution in [0.3, 0.4) is 0 Å². The molecule has 0 aliphatic rings. The Labute approximate surface area is 144 Å². The number of anilines is 1. The van der Waals surface area contributed by atoms with Crippen molar-refractivity contribution in [3.8, 4) is 0 Å². The molecule has 0 unspecified atom stereocenters. The topological polar surface area (TPSA) is 45.7 Å². The van der Waals surface area contributed by atoms with Crippen LogP contribution in [0.5, 0.6) is 0 Å². The molecule has 0 aromatic heterocycles. The van der Waals surface area contributed by atoms with Crippen molar-refractivity contribution in [2.75, 3.05) is 5.32 Å². The molecule has 0 saturated heterocycles. The van der Waals surface area contributed by atoms with Gasteiger partial charge in [0.1, 0.15) is 6.04 Å². The van der Waals surface area contributed by atoms with Crippen LogP contribution in [0, 0.1) is 0 Å². The van der Waals surface area contributed by atoms with E-state index in [1.807, 2.05) is 60.8 Å². The lowest BCUT2D eigenvalue weighted by atomic mass is 10.1. The molecular formula is C17H19BrClN2O+. The smallest absolute Gasteiger partial charge is 0.282 e. The normalized spacial score (nSPS) is 13.5. The summed E-state index contributed by atoms with van der Waals surface area (Å²) in [5.41, 5.74) is 1.94. The molecule has 5 heteroatoms. The lowest BCUT2D eigenvalue weighted by Crippen LogP contribution is -2.91. The van der Waals surface area contributed by atoms with Gasteiger partial charge in [0.25, 0.3) is 5.91 Å². The van der Waals surface area contributed by atoms with Gasteiger partial charge in [-0.15, -0.1) is 0 Å². The highest BCUT2D eigenvalue weighted by atomic mass is 79.9. The van der Waals surface area contributed by atoms with E-state index in [9.17, 15) is 4.79 Å². The van der Waals surface area contributed by atoms with Gasteiger partial charge >= 0.3 is 0 Å². The van der Waals surface area contributed by atoms with E-state index in [1.165, 1.54) is 0 Å². The van der Waals surface area contributed by atoms with Crippen LogP contribution in [0.4, 0.5) is 5.69 Å². The first-order valence-corrected chi connectivity index (χ1v) is 8.29. The first-order chi connectivity index (χ1) is 10.5. The summed E-state index contributed by atoms with van der Waals surface area (Å²) >= 11 is 9.27. The molecule has 3 N–H and O–H groups in total. The second-order valence-electron chi connectivity index (χ2n) is 5.32. The Bertz CT molecular complexity index is 628. The van der Waals surface area contributed by atoms with E-state index < -0.39 is 0 Å². The van der Waals surface area contributed by atoms with Crippen molar-refractivity contribution < 1.29 is 10.1 Å². The minimum Gasteiger partial charge on any atom is -0.330 e. The van der Waals surface area contributed by atoms with Gasteiger partial charge in [0.2, 0.25) is 0 Å². The highest BCUT2D eigenvalue weighted by molar-refractivity contribution is 9.10. The number of hydrogen-bond acceptors (Lipinski definition) is 1. The SMILES string of the molecule is C[C@H]([NH2+][C@@H](C)c1ccc(Cl)cc1)C(=O)Nc1ccc(Br)cc1. The monoisotopic (exact) mass is 381 g/mol. The fourth-order valence-corrected chi connectivity index (χ4v) is 2.58. The summed E-state index contributed by atoms with van der Waals surface area (Å²) in [5, 5.41) is 5.68. The molecule has 0 aliphatic heterocycles. The summed E-state index contributed by atoms with van der Waals surface area (Å²) < 4.78 is 0.987. The maximum absolute atomic E-state index is 12.2. The third-order valence-electron chi connectivity index (χ3n) is 3.50. The van der Waals surface area contributed by atoms with Crippen molar-refractivity contribution in [1.29, 1.82) is 0 Å². The fraction of sp³-hybridized carbons (Fsp3) is 0.235. The molecule has 2 aromatic carbocycles. The van der Waals surface area contributed by atoms with Gasteiger partial charge in [-0.1, -0.05) is 39.7 Å². The van der Waals surface area contributed by atoms with Crippen molar-refractivity contribution in [2.24, 2.45) is 0 Å². The number of nitrogens with one attached hydrogen (secondary N) is 1. The average molecular weight is 383 g/mol. The maximum Gasteiger partial charge on any atom is 0.282 e. The van der Waals surface area contributed by atoms with Crippen molar-refractivity contribution in [3.63, 3.8) is 0 Å². The minimum atomic E-state index is -0.186. The van der Waals surface area contributed by atoms with E-state index in [-0.39, 0.29) is 18.0 Å². The molecule has 2 atom stereocenters. The largest absolute Gasteiger partial charge is 0.330 e. The molecule has 1 amide bonds. The third-order valence-corrected chi connectivity index (χ3v) is 4.28. The zero-order valence-electron chi connectivity index (χ0n) is 12.5. The summed E-state index contributed by atoms with van der Waals surface area (Å²) in [6, 6.07) is 15.3. The van der Waals surface area contributed by atoms with E-state index in [4.69, 9.17) is 11.6 Å². The summed E-state index contributed by atoms with van der Waals surface area (Å²) in [5.74, 6) is -0.0110. The van der Waals surface area contributed by atoms with Crippen molar-refractivity contribution in [1.82, 2.24) is 0 Å². The van der Waals surface area contributed by atoms with E-state index in [2.05, 4.69) is 28.2 Å². The summed E-state index contributed by atoms with van der Waals surface area (Å²) in [6.45, 7) is 3.98. The first kappa shape index (κ1) is 17.0. The Morgan fingerprint density at radius 1 is 1.09 bits per heavy atom. The minimum absolute atomic E-state index is 0.0110. The van der Waals surface area contributed by atoms with Crippen LogP contribution in [0.25, 0.3) is 0 Å². The number of benzene rings is 2. The van der Waals surface area contributed by atoms with Crippen LogP contribution < -0.4 is 10.6 Å². The predicted molar refractivity (Wildman–Crippen MR) is 94.0 cm³/mol. The third kappa shape index (κ3) is 4.83. The molecule has 2 aromatic rings. The quantitative estimate of drug-likeness (QED) is 0.812. The van der Waals surface area contributed by atoms with Crippen molar-refractivity contribution >= 4 is 39.1 Å². The molecule has 0 saturated carbocycles. The molecule has 0 aliphatic carbocycles. The Balaban J connectivity index is 1.93. The summed E-state index contributed by atoms with van der Waals surface area (Å²) in [7, 11) is 0. The van der Waals surface area contributed by atoms with Gasteiger partial charge in [-0.3, -0.25) is 4.79 Å². The Morgan fingerprint density at radius 3 is 2.27 bits per heavy atom. The second-order valence-corrected chi connectivity index (χ2v) is 6.67. The molecule has 3 nitrogen and oxygen atoms in total. The van der Waals surface area contributed by atoms with E-state index in [1.54, 1.807) is 0 Å². The standard InChI is InChI=1S/C17H18BrClN2O/c1-11(13-3-7-15(19)8-4-13)20-12(2)17(22)21-16-9-5-14(18)6-10-16/h3-12,20H,1-2H3,(H,21,22)/p+1/t11-,12-/m0/s1. The molecule has 0 heterocycles. The van der Waals surface area contributed by atoms with Gasteiger partial charge in [-0.2, -0.15) is 0 Å². The predicted octanol–water partition coefficient (Wildman–Crippen LogP) is 3.75. The van der Waals surface area contributed by atoms with Crippen molar-refractivity contribution in [3.05, 3.63) is 63.6 Å². The van der Waals surface area contributed by atoms with Gasteiger partial charge < -0.3 is 10.6 Å². The zero-order chi connectivity index (χ0) is 16.1. The van der Waals surface area contributed by atoms with E-state index in [0.717, 1.165) is 20.7 Å². The molecule has 0 fully saturated rings. The van der Waals surface area contributed by atoms with Crippen LogP contribution in [0.1, 0.15) is 25.5 Å². The number of quaternary nitrogens is 1. The number of nitrogens with two attached hydrogens (primary N) is 1. The Morgan fingerprint density at radius 2 is 1.68 bits per heavy atom. The highest BCUT2D eigenvalue weighted by Crippen LogP contribution is 2.15. The lowest BCUT2D eigenvalue weighted by Gasteiger charge is -2.17. The van der Waals surface area contributed by atoms with Crippen LogP contribution in [-0.4, -0.2) is 11.9 Å². The van der Waals surface area contributed by atoms with Crippen LogP contribution in [0.2, 0.25) is 5.02 Å². The molecule has 0 bridgehead atoms. The summed E-state index contributed by atoms with van der Waals surface area (Å²) in [4.78, 5) is 12.2. The Hall–Kier alpha value is -1.36. The molecule has 2 rings (SSSR count). The van der Waals surface area contributed by atoms with Gasteiger partial charge in [0, 0.05) is 20.7 Å². The van der Waals surface area contributed by atoms with Crippen LogP contribution in [0.15, 0.2) is 53.0 Å². The Kier molecular flexibility index (Phi) is 6.00. The molecule has 116 valence electrons. The molecule has 22 heavy (non-hydrogen) atoms.